The lowest BCUT2D eigenvalue weighted by Crippen LogP contribution is -2.03. The van der Waals surface area contributed by atoms with E-state index in [0.29, 0.717) is 10.9 Å². The van der Waals surface area contributed by atoms with E-state index in [1.165, 1.54) is 0 Å². The van der Waals surface area contributed by atoms with Crippen LogP contribution in [-0.2, 0) is 0 Å². The summed E-state index contributed by atoms with van der Waals surface area (Å²) >= 11 is 5.58. The molecule has 1 heterocycles. The quantitative estimate of drug-likeness (QED) is 0.545. The molecule has 0 aromatic carbocycles. The SMILES string of the molecule is NC1=CCC=CN=C1Cl. The smallest absolute Gasteiger partial charge is 0.151 e. The van der Waals surface area contributed by atoms with E-state index in [9.17, 15) is 0 Å². The van der Waals surface area contributed by atoms with Crippen LogP contribution in [0.2, 0.25) is 0 Å². The van der Waals surface area contributed by atoms with Gasteiger partial charge in [-0.3, -0.25) is 0 Å². The average Bonchev–Trinajstić information content (AvgIpc) is 1.99. The zero-order chi connectivity index (χ0) is 6.69. The molecule has 48 valence electrons. The predicted molar refractivity (Wildman–Crippen MR) is 39.3 cm³/mol. The molecule has 0 radical (unpaired) electrons. The standard InChI is InChI=1S/C6H7ClN2/c7-6-5(8)3-1-2-4-9-6/h2-4H,1,8H2. The topological polar surface area (TPSA) is 38.4 Å². The lowest BCUT2D eigenvalue weighted by Gasteiger charge is -1.91. The molecule has 2 N–H and O–H groups in total. The highest BCUT2D eigenvalue weighted by atomic mass is 35.5. The van der Waals surface area contributed by atoms with Gasteiger partial charge >= 0.3 is 0 Å². The molecular weight excluding hydrogens is 136 g/mol. The van der Waals surface area contributed by atoms with Gasteiger partial charge in [0.15, 0.2) is 5.17 Å². The van der Waals surface area contributed by atoms with Crippen molar-refractivity contribution in [1.29, 1.82) is 0 Å². The van der Waals surface area contributed by atoms with Crippen LogP contribution in [0.5, 0.6) is 0 Å². The van der Waals surface area contributed by atoms with E-state index in [1.54, 1.807) is 6.20 Å². The summed E-state index contributed by atoms with van der Waals surface area (Å²) in [4.78, 5) is 3.81. The van der Waals surface area contributed by atoms with Gasteiger partial charge in [0.1, 0.15) is 0 Å². The average molecular weight is 143 g/mol. The van der Waals surface area contributed by atoms with Crippen molar-refractivity contribution < 1.29 is 0 Å². The molecule has 0 bridgehead atoms. The van der Waals surface area contributed by atoms with E-state index in [-0.39, 0.29) is 0 Å². The summed E-state index contributed by atoms with van der Waals surface area (Å²) in [7, 11) is 0. The third-order valence-corrected chi connectivity index (χ3v) is 1.32. The van der Waals surface area contributed by atoms with Crippen molar-refractivity contribution in [1.82, 2.24) is 0 Å². The molecule has 9 heavy (non-hydrogen) atoms. The van der Waals surface area contributed by atoms with Gasteiger partial charge in [-0.25, -0.2) is 4.99 Å². The molecule has 0 aromatic rings. The molecule has 3 heteroatoms. The molecule has 0 spiro atoms. The minimum atomic E-state index is 0.378. The summed E-state index contributed by atoms with van der Waals surface area (Å²) in [6.07, 6.45) is 6.18. The number of hydrogen-bond acceptors (Lipinski definition) is 2. The molecule has 0 atom stereocenters. The van der Waals surface area contributed by atoms with Crippen molar-refractivity contribution in [2.45, 2.75) is 6.42 Å². The first-order valence-corrected chi connectivity index (χ1v) is 3.03. The maximum absolute atomic E-state index is 5.58. The van der Waals surface area contributed by atoms with Crippen LogP contribution in [-0.4, -0.2) is 5.17 Å². The lowest BCUT2D eigenvalue weighted by molar-refractivity contribution is 1.34. The maximum atomic E-state index is 5.58. The molecule has 0 aliphatic carbocycles. The molecule has 0 aromatic heterocycles. The van der Waals surface area contributed by atoms with Gasteiger partial charge in [0, 0.05) is 6.20 Å². The van der Waals surface area contributed by atoms with Crippen LogP contribution in [0, 0.1) is 0 Å². The summed E-state index contributed by atoms with van der Waals surface area (Å²) in [5.74, 6) is 0. The minimum absolute atomic E-state index is 0.378. The first-order valence-electron chi connectivity index (χ1n) is 2.65. The molecule has 1 aliphatic heterocycles. The largest absolute Gasteiger partial charge is 0.396 e. The second kappa shape index (κ2) is 2.69. The van der Waals surface area contributed by atoms with Gasteiger partial charge in [-0.1, -0.05) is 23.8 Å². The molecule has 1 aliphatic rings. The van der Waals surface area contributed by atoms with Gasteiger partial charge in [0.2, 0.25) is 0 Å². The van der Waals surface area contributed by atoms with E-state index in [1.807, 2.05) is 12.2 Å². The van der Waals surface area contributed by atoms with Gasteiger partial charge in [0.25, 0.3) is 0 Å². The van der Waals surface area contributed by atoms with Gasteiger partial charge in [-0.05, 0) is 6.42 Å². The van der Waals surface area contributed by atoms with Gasteiger partial charge in [-0.15, -0.1) is 0 Å². The Morgan fingerprint density at radius 2 is 2.44 bits per heavy atom. The van der Waals surface area contributed by atoms with E-state index in [2.05, 4.69) is 4.99 Å². The normalized spacial score (nSPS) is 18.3. The van der Waals surface area contributed by atoms with Crippen LogP contribution in [0.25, 0.3) is 0 Å². The fourth-order valence-corrected chi connectivity index (χ4v) is 0.666. The van der Waals surface area contributed by atoms with Crippen LogP contribution in [0.1, 0.15) is 6.42 Å². The molecular formula is C6H7ClN2. The van der Waals surface area contributed by atoms with Crippen LogP contribution in [0.3, 0.4) is 0 Å². The number of hydrogen-bond donors (Lipinski definition) is 1. The summed E-state index contributed by atoms with van der Waals surface area (Å²) < 4.78 is 0. The number of nitrogens with zero attached hydrogens (tertiary/aromatic N) is 1. The van der Waals surface area contributed by atoms with Crippen molar-refractivity contribution in [2.24, 2.45) is 10.7 Å². The molecule has 0 saturated heterocycles. The second-order valence-corrected chi connectivity index (χ2v) is 2.06. The van der Waals surface area contributed by atoms with Crippen LogP contribution >= 0.6 is 11.6 Å². The Bertz CT molecular complexity index is 191. The second-order valence-electron chi connectivity index (χ2n) is 1.70. The monoisotopic (exact) mass is 142 g/mol. The highest BCUT2D eigenvalue weighted by Crippen LogP contribution is 2.03. The zero-order valence-corrected chi connectivity index (χ0v) is 5.60. The third kappa shape index (κ3) is 1.57. The van der Waals surface area contributed by atoms with E-state index in [4.69, 9.17) is 17.3 Å². The van der Waals surface area contributed by atoms with Crippen molar-refractivity contribution in [3.8, 4) is 0 Å². The zero-order valence-electron chi connectivity index (χ0n) is 4.84. The summed E-state index contributed by atoms with van der Waals surface area (Å²) in [5.41, 5.74) is 5.99. The molecule has 0 amide bonds. The highest BCUT2D eigenvalue weighted by Gasteiger charge is 1.96. The minimum Gasteiger partial charge on any atom is -0.396 e. The molecule has 0 fully saturated rings. The lowest BCUT2D eigenvalue weighted by atomic mass is 10.3. The Morgan fingerprint density at radius 1 is 1.67 bits per heavy atom. The number of aliphatic imine (C=N–C) groups is 1. The number of rotatable bonds is 0. The van der Waals surface area contributed by atoms with Gasteiger partial charge in [-0.2, -0.15) is 0 Å². The highest BCUT2D eigenvalue weighted by molar-refractivity contribution is 6.69. The van der Waals surface area contributed by atoms with E-state index >= 15 is 0 Å². The van der Waals surface area contributed by atoms with Gasteiger partial charge in [0.05, 0.1) is 5.70 Å². The number of allylic oxidation sites excluding steroid dienone is 3. The fourth-order valence-electron chi connectivity index (χ4n) is 0.533. The Balaban J connectivity index is 2.85. The summed E-state index contributed by atoms with van der Waals surface area (Å²) in [5, 5.41) is 0.378. The fraction of sp³-hybridized carbons (Fsp3) is 0.167. The van der Waals surface area contributed by atoms with Crippen molar-refractivity contribution in [2.75, 3.05) is 0 Å². The van der Waals surface area contributed by atoms with Crippen LogP contribution < -0.4 is 5.73 Å². The molecule has 2 nitrogen and oxygen atoms in total. The first kappa shape index (κ1) is 6.36. The molecule has 0 unspecified atom stereocenters. The van der Waals surface area contributed by atoms with Crippen LogP contribution in [0.15, 0.2) is 29.0 Å². The molecule has 0 saturated carbocycles. The number of halogens is 1. The molecule has 1 rings (SSSR count). The van der Waals surface area contributed by atoms with E-state index < -0.39 is 0 Å². The Kier molecular flexibility index (Phi) is 1.90. The Morgan fingerprint density at radius 3 is 3.22 bits per heavy atom. The maximum Gasteiger partial charge on any atom is 0.151 e. The summed E-state index contributed by atoms with van der Waals surface area (Å²) in [6.45, 7) is 0. The number of nitrogens with two attached hydrogens (primary N) is 1. The van der Waals surface area contributed by atoms with Crippen molar-refractivity contribution in [3.63, 3.8) is 0 Å². The van der Waals surface area contributed by atoms with Crippen molar-refractivity contribution >= 4 is 16.8 Å². The third-order valence-electron chi connectivity index (χ3n) is 1.01. The summed E-state index contributed by atoms with van der Waals surface area (Å²) in [6, 6.07) is 0. The van der Waals surface area contributed by atoms with Gasteiger partial charge < -0.3 is 5.73 Å². The van der Waals surface area contributed by atoms with Crippen LogP contribution in [0.4, 0.5) is 0 Å². The van der Waals surface area contributed by atoms with E-state index in [0.717, 1.165) is 6.42 Å². The Labute approximate surface area is 58.7 Å². The van der Waals surface area contributed by atoms with Crippen molar-refractivity contribution in [3.05, 3.63) is 24.0 Å². The predicted octanol–water partition coefficient (Wildman–Crippen LogP) is 1.38. The Hall–Kier alpha value is -0.760. The first-order chi connectivity index (χ1) is 4.30.